The van der Waals surface area contributed by atoms with E-state index in [4.69, 9.17) is 0 Å². The molecule has 1 amide bonds. The second kappa shape index (κ2) is 8.06. The monoisotopic (exact) mass is 388 g/mol. The highest BCUT2D eigenvalue weighted by molar-refractivity contribution is 7.99. The van der Waals surface area contributed by atoms with E-state index >= 15 is 0 Å². The first-order valence-corrected chi connectivity index (χ1v) is 9.61. The highest BCUT2D eigenvalue weighted by Crippen LogP contribution is 2.21. The third-order valence-corrected chi connectivity index (χ3v) is 4.98. The zero-order chi connectivity index (χ0) is 19.3. The van der Waals surface area contributed by atoms with Gasteiger partial charge >= 0.3 is 0 Å². The molecule has 0 saturated heterocycles. The number of amides is 1. The van der Waals surface area contributed by atoms with Crippen LogP contribution in [0.25, 0.3) is 16.6 Å². The van der Waals surface area contributed by atoms with Crippen molar-refractivity contribution in [2.75, 3.05) is 11.1 Å². The number of pyridine rings is 1. The fourth-order valence-corrected chi connectivity index (χ4v) is 3.58. The number of nitrogens with one attached hydrogen (secondary N) is 1. The van der Waals surface area contributed by atoms with E-state index in [1.165, 1.54) is 16.3 Å². The van der Waals surface area contributed by atoms with Gasteiger partial charge in [-0.15, -0.1) is 0 Å². The first-order chi connectivity index (χ1) is 13.7. The largest absolute Gasteiger partial charge is 0.325 e. The number of para-hydroxylation sites is 2. The van der Waals surface area contributed by atoms with E-state index in [0.29, 0.717) is 21.7 Å². The Balaban J connectivity index is 1.67. The number of anilines is 1. The van der Waals surface area contributed by atoms with Crippen LogP contribution in [0.15, 0.2) is 89.1 Å². The summed E-state index contributed by atoms with van der Waals surface area (Å²) in [6.45, 7) is 0. The SMILES string of the molecule is O=C(CSc1nc2ccccc2c(=O)n1-c1cccnc1)Nc1ccccc1. The van der Waals surface area contributed by atoms with Crippen molar-refractivity contribution in [1.29, 1.82) is 0 Å². The number of nitrogens with zero attached hydrogens (tertiary/aromatic N) is 3. The molecule has 7 heteroatoms. The third-order valence-electron chi connectivity index (χ3n) is 4.04. The fourth-order valence-electron chi connectivity index (χ4n) is 2.77. The maximum Gasteiger partial charge on any atom is 0.266 e. The molecule has 0 unspecified atom stereocenters. The summed E-state index contributed by atoms with van der Waals surface area (Å²) in [6.07, 6.45) is 3.25. The van der Waals surface area contributed by atoms with Gasteiger partial charge in [-0.25, -0.2) is 4.98 Å². The van der Waals surface area contributed by atoms with Gasteiger partial charge in [0.2, 0.25) is 5.91 Å². The van der Waals surface area contributed by atoms with Crippen molar-refractivity contribution in [3.05, 3.63) is 89.5 Å². The summed E-state index contributed by atoms with van der Waals surface area (Å²) in [5.74, 6) is -0.0451. The lowest BCUT2D eigenvalue weighted by atomic mass is 10.2. The Bertz CT molecular complexity index is 1180. The Hall–Kier alpha value is -3.45. The number of hydrogen-bond acceptors (Lipinski definition) is 5. The molecule has 0 saturated carbocycles. The highest BCUT2D eigenvalue weighted by Gasteiger charge is 2.15. The van der Waals surface area contributed by atoms with Crippen molar-refractivity contribution in [2.45, 2.75) is 5.16 Å². The Labute approximate surface area is 165 Å². The molecule has 0 fully saturated rings. The van der Waals surface area contributed by atoms with Gasteiger partial charge < -0.3 is 5.32 Å². The second-order valence-corrected chi connectivity index (χ2v) is 6.91. The van der Waals surface area contributed by atoms with Crippen LogP contribution in [0.3, 0.4) is 0 Å². The molecule has 2 aromatic carbocycles. The summed E-state index contributed by atoms with van der Waals surface area (Å²) in [5, 5.41) is 3.80. The molecule has 0 radical (unpaired) electrons. The molecule has 6 nitrogen and oxygen atoms in total. The van der Waals surface area contributed by atoms with Crippen molar-refractivity contribution >= 4 is 34.3 Å². The summed E-state index contributed by atoms with van der Waals surface area (Å²) in [4.78, 5) is 34.1. The number of fused-ring (bicyclic) bond motifs is 1. The van der Waals surface area contributed by atoms with Gasteiger partial charge in [0.15, 0.2) is 5.16 Å². The second-order valence-electron chi connectivity index (χ2n) is 5.97. The van der Waals surface area contributed by atoms with E-state index in [2.05, 4.69) is 15.3 Å². The van der Waals surface area contributed by atoms with E-state index < -0.39 is 0 Å². The molecule has 138 valence electrons. The molecule has 0 aliphatic rings. The van der Waals surface area contributed by atoms with E-state index in [9.17, 15) is 9.59 Å². The third kappa shape index (κ3) is 3.79. The molecule has 0 spiro atoms. The quantitative estimate of drug-likeness (QED) is 0.418. The van der Waals surface area contributed by atoms with Crippen molar-refractivity contribution < 1.29 is 4.79 Å². The molecule has 1 N–H and O–H groups in total. The summed E-state index contributed by atoms with van der Waals surface area (Å²) in [6, 6.07) is 20.0. The summed E-state index contributed by atoms with van der Waals surface area (Å²) in [7, 11) is 0. The Kier molecular flexibility index (Phi) is 5.16. The Morgan fingerprint density at radius 2 is 1.79 bits per heavy atom. The van der Waals surface area contributed by atoms with Crippen LogP contribution in [0.1, 0.15) is 0 Å². The highest BCUT2D eigenvalue weighted by atomic mass is 32.2. The van der Waals surface area contributed by atoms with Gasteiger partial charge in [-0.3, -0.25) is 19.1 Å². The number of thioether (sulfide) groups is 1. The van der Waals surface area contributed by atoms with Gasteiger partial charge in [-0.05, 0) is 36.4 Å². The van der Waals surface area contributed by atoms with Crippen LogP contribution in [-0.4, -0.2) is 26.2 Å². The molecule has 4 aromatic rings. The smallest absolute Gasteiger partial charge is 0.266 e. The Morgan fingerprint density at radius 1 is 1.00 bits per heavy atom. The van der Waals surface area contributed by atoms with Crippen LogP contribution in [0.2, 0.25) is 0 Å². The molecule has 2 aromatic heterocycles. The number of benzene rings is 2. The molecule has 2 heterocycles. The average Bonchev–Trinajstić information content (AvgIpc) is 2.74. The van der Waals surface area contributed by atoms with Crippen LogP contribution < -0.4 is 10.9 Å². The average molecular weight is 388 g/mol. The standard InChI is InChI=1S/C21H16N4O2S/c26-19(23-15-7-2-1-3-8-15)14-28-21-24-18-11-5-4-10-17(18)20(27)25(21)16-9-6-12-22-13-16/h1-13H,14H2,(H,23,26). The van der Waals surface area contributed by atoms with E-state index in [1.54, 1.807) is 42.7 Å². The minimum absolute atomic E-state index is 0.125. The van der Waals surface area contributed by atoms with Crippen LogP contribution in [0, 0.1) is 0 Å². The van der Waals surface area contributed by atoms with Gasteiger partial charge in [0, 0.05) is 11.9 Å². The predicted molar refractivity (Wildman–Crippen MR) is 111 cm³/mol. The normalized spacial score (nSPS) is 10.7. The zero-order valence-electron chi connectivity index (χ0n) is 14.8. The van der Waals surface area contributed by atoms with Crippen molar-refractivity contribution in [1.82, 2.24) is 14.5 Å². The minimum atomic E-state index is -0.190. The first kappa shape index (κ1) is 17.9. The lowest BCUT2D eigenvalue weighted by Crippen LogP contribution is -2.23. The molecule has 28 heavy (non-hydrogen) atoms. The molecule has 0 aliphatic carbocycles. The van der Waals surface area contributed by atoms with Gasteiger partial charge in [0.1, 0.15) is 0 Å². The van der Waals surface area contributed by atoms with Gasteiger partial charge in [0.25, 0.3) is 5.56 Å². The molecular weight excluding hydrogens is 372 g/mol. The summed E-state index contributed by atoms with van der Waals surface area (Å²) < 4.78 is 1.50. The van der Waals surface area contributed by atoms with Gasteiger partial charge in [-0.2, -0.15) is 0 Å². The molecule has 4 rings (SSSR count). The van der Waals surface area contributed by atoms with Crippen molar-refractivity contribution in [3.63, 3.8) is 0 Å². The van der Waals surface area contributed by atoms with Crippen molar-refractivity contribution in [3.8, 4) is 5.69 Å². The first-order valence-electron chi connectivity index (χ1n) is 8.62. The number of rotatable bonds is 5. The van der Waals surface area contributed by atoms with E-state index in [-0.39, 0.29) is 17.2 Å². The summed E-state index contributed by atoms with van der Waals surface area (Å²) in [5.41, 5.74) is 1.74. The van der Waals surface area contributed by atoms with Crippen LogP contribution in [0.5, 0.6) is 0 Å². The maximum absolute atomic E-state index is 13.1. The Morgan fingerprint density at radius 3 is 2.57 bits per heavy atom. The van der Waals surface area contributed by atoms with Gasteiger partial charge in [-0.1, -0.05) is 42.1 Å². The topological polar surface area (TPSA) is 76.9 Å². The van der Waals surface area contributed by atoms with Gasteiger partial charge in [0.05, 0.1) is 28.5 Å². The van der Waals surface area contributed by atoms with Crippen molar-refractivity contribution in [2.24, 2.45) is 0 Å². The lowest BCUT2D eigenvalue weighted by molar-refractivity contribution is -0.113. The van der Waals surface area contributed by atoms with E-state index in [1.807, 2.05) is 36.4 Å². The van der Waals surface area contributed by atoms with Crippen LogP contribution in [-0.2, 0) is 4.79 Å². The maximum atomic E-state index is 13.1. The van der Waals surface area contributed by atoms with E-state index in [0.717, 1.165) is 5.69 Å². The molecular formula is C21H16N4O2S. The minimum Gasteiger partial charge on any atom is -0.325 e. The number of aromatic nitrogens is 3. The number of carbonyl (C=O) groups excluding carboxylic acids is 1. The zero-order valence-corrected chi connectivity index (χ0v) is 15.6. The number of carbonyl (C=O) groups is 1. The number of hydrogen-bond donors (Lipinski definition) is 1. The predicted octanol–water partition coefficient (Wildman–Crippen LogP) is 3.51. The molecule has 0 bridgehead atoms. The lowest BCUT2D eigenvalue weighted by Gasteiger charge is -2.12. The fraction of sp³-hybridized carbons (Fsp3) is 0.0476. The van der Waals surface area contributed by atoms with Crippen LogP contribution >= 0.6 is 11.8 Å². The molecule has 0 aliphatic heterocycles. The molecule has 0 atom stereocenters. The summed E-state index contributed by atoms with van der Waals surface area (Å²) >= 11 is 1.21. The van der Waals surface area contributed by atoms with Crippen LogP contribution in [0.4, 0.5) is 5.69 Å².